The van der Waals surface area contributed by atoms with Gasteiger partial charge in [0.15, 0.2) is 0 Å². The molecule has 1 saturated carbocycles. The van der Waals surface area contributed by atoms with E-state index in [1.54, 1.807) is 0 Å². The number of hydrogen-bond donors (Lipinski definition) is 0. The van der Waals surface area contributed by atoms with Crippen molar-refractivity contribution >= 4 is 6.29 Å². The van der Waals surface area contributed by atoms with Crippen LogP contribution in [0.15, 0.2) is 22.7 Å². The van der Waals surface area contributed by atoms with Crippen molar-refractivity contribution in [2.45, 2.75) is 25.2 Å². The number of benzene rings is 1. The van der Waals surface area contributed by atoms with E-state index >= 15 is 0 Å². The Morgan fingerprint density at radius 2 is 2.00 bits per heavy atom. The number of halogens is 2. The summed E-state index contributed by atoms with van der Waals surface area (Å²) < 4.78 is 32.7. The highest BCUT2D eigenvalue weighted by Gasteiger charge is 2.33. The van der Waals surface area contributed by atoms with Gasteiger partial charge in [0.05, 0.1) is 5.56 Å². The van der Waals surface area contributed by atoms with Gasteiger partial charge in [-0.25, -0.2) is 8.78 Å². The van der Waals surface area contributed by atoms with Crippen LogP contribution in [0, 0.1) is 11.6 Å². The molecule has 5 heteroatoms. The molecule has 1 aliphatic carbocycles. The number of carbonyl (C=O) groups excluding carboxylic acids is 1. The lowest BCUT2D eigenvalue weighted by atomic mass is 10.0. The van der Waals surface area contributed by atoms with E-state index in [1.165, 1.54) is 6.07 Å². The molecule has 1 aromatic heterocycles. The van der Waals surface area contributed by atoms with Crippen LogP contribution >= 0.6 is 0 Å². The maximum absolute atomic E-state index is 13.8. The van der Waals surface area contributed by atoms with Crippen LogP contribution in [0.25, 0.3) is 11.3 Å². The van der Waals surface area contributed by atoms with Gasteiger partial charge in [0.2, 0.25) is 0 Å². The first kappa shape index (κ1) is 12.0. The van der Waals surface area contributed by atoms with Gasteiger partial charge in [-0.2, -0.15) is 0 Å². The van der Waals surface area contributed by atoms with Gasteiger partial charge in [0, 0.05) is 17.9 Å². The molecule has 0 saturated heterocycles. The van der Waals surface area contributed by atoms with Gasteiger partial charge < -0.3 is 9.32 Å². The van der Waals surface area contributed by atoms with E-state index in [-0.39, 0.29) is 23.6 Å². The molecule has 0 atom stereocenters. The second kappa shape index (κ2) is 4.57. The summed E-state index contributed by atoms with van der Waals surface area (Å²) in [5.74, 6) is -0.596. The van der Waals surface area contributed by atoms with Crippen LogP contribution in [0.3, 0.4) is 0 Å². The molecule has 0 radical (unpaired) electrons. The van der Waals surface area contributed by atoms with Crippen molar-refractivity contribution in [1.82, 2.24) is 5.16 Å². The molecule has 0 spiro atoms. The van der Waals surface area contributed by atoms with Crippen LogP contribution < -0.4 is 0 Å². The van der Waals surface area contributed by atoms with Crippen LogP contribution in [0.4, 0.5) is 8.78 Å². The van der Waals surface area contributed by atoms with E-state index in [4.69, 9.17) is 4.52 Å². The predicted octanol–water partition coefficient (Wildman–Crippen LogP) is 3.24. The number of aromatic nitrogens is 1. The minimum atomic E-state index is -0.706. The van der Waals surface area contributed by atoms with Crippen LogP contribution in [0.5, 0.6) is 0 Å². The lowest BCUT2D eigenvalue weighted by molar-refractivity contribution is -0.107. The van der Waals surface area contributed by atoms with E-state index in [2.05, 4.69) is 5.16 Å². The predicted molar refractivity (Wildman–Crippen MR) is 63.6 cm³/mol. The number of carbonyl (C=O) groups is 1. The average Bonchev–Trinajstić information content (AvgIpc) is 3.14. The molecular formula is C14H11F2NO2. The van der Waals surface area contributed by atoms with E-state index in [0.29, 0.717) is 17.6 Å². The zero-order chi connectivity index (χ0) is 13.4. The van der Waals surface area contributed by atoms with Gasteiger partial charge in [-0.15, -0.1) is 0 Å². The highest BCUT2D eigenvalue weighted by atomic mass is 19.1. The first-order valence-corrected chi connectivity index (χ1v) is 6.08. The molecule has 1 aliphatic rings. The summed E-state index contributed by atoms with van der Waals surface area (Å²) in [6, 6.07) is 3.61. The second-order valence-electron chi connectivity index (χ2n) is 4.62. The normalized spacial score (nSPS) is 14.6. The van der Waals surface area contributed by atoms with Gasteiger partial charge in [0.1, 0.15) is 29.4 Å². The molecule has 3 rings (SSSR count). The molecule has 1 aromatic carbocycles. The third kappa shape index (κ3) is 2.05. The Morgan fingerprint density at radius 1 is 1.32 bits per heavy atom. The van der Waals surface area contributed by atoms with Crippen LogP contribution in [-0.4, -0.2) is 11.4 Å². The van der Waals surface area contributed by atoms with Gasteiger partial charge >= 0.3 is 0 Å². The highest BCUT2D eigenvalue weighted by Crippen LogP contribution is 2.44. The molecule has 19 heavy (non-hydrogen) atoms. The lowest BCUT2D eigenvalue weighted by Crippen LogP contribution is -1.96. The van der Waals surface area contributed by atoms with Crippen LogP contribution in [0.1, 0.15) is 30.1 Å². The summed E-state index contributed by atoms with van der Waals surface area (Å²) in [4.78, 5) is 10.8. The van der Waals surface area contributed by atoms with E-state index in [1.807, 2.05) is 0 Å². The number of hydrogen-bond acceptors (Lipinski definition) is 3. The quantitative estimate of drug-likeness (QED) is 0.795. The molecule has 0 unspecified atom stereocenters. The number of nitrogens with zero attached hydrogens (tertiary/aromatic N) is 1. The first-order valence-electron chi connectivity index (χ1n) is 6.08. The SMILES string of the molecule is O=CCc1c(-c2c(F)cccc2F)noc1C1CC1. The zero-order valence-corrected chi connectivity index (χ0v) is 10.0. The summed E-state index contributed by atoms with van der Waals surface area (Å²) in [7, 11) is 0. The number of rotatable bonds is 4. The van der Waals surface area contributed by atoms with E-state index < -0.39 is 11.6 Å². The Bertz CT molecular complexity index is 612. The molecule has 0 bridgehead atoms. The van der Waals surface area contributed by atoms with E-state index in [0.717, 1.165) is 25.0 Å². The fraction of sp³-hybridized carbons (Fsp3) is 0.286. The molecule has 1 fully saturated rings. The summed E-state index contributed by atoms with van der Waals surface area (Å²) in [6.45, 7) is 0. The average molecular weight is 263 g/mol. The Balaban J connectivity index is 2.16. The largest absolute Gasteiger partial charge is 0.360 e. The van der Waals surface area contributed by atoms with Crippen LogP contribution in [-0.2, 0) is 11.2 Å². The Hall–Kier alpha value is -2.04. The Morgan fingerprint density at radius 3 is 2.58 bits per heavy atom. The molecule has 0 aliphatic heterocycles. The van der Waals surface area contributed by atoms with Crippen molar-refractivity contribution in [2.75, 3.05) is 0 Å². The smallest absolute Gasteiger partial charge is 0.144 e. The maximum Gasteiger partial charge on any atom is 0.144 e. The topological polar surface area (TPSA) is 43.1 Å². The Labute approximate surface area is 108 Å². The summed E-state index contributed by atoms with van der Waals surface area (Å²) in [5, 5.41) is 3.77. The van der Waals surface area contributed by atoms with Gasteiger partial charge in [-0.3, -0.25) is 0 Å². The first-order chi connectivity index (χ1) is 9.22. The van der Waals surface area contributed by atoms with Gasteiger partial charge in [-0.05, 0) is 25.0 Å². The van der Waals surface area contributed by atoms with Crippen molar-refractivity contribution < 1.29 is 18.1 Å². The zero-order valence-electron chi connectivity index (χ0n) is 10.0. The minimum Gasteiger partial charge on any atom is -0.360 e. The van der Waals surface area contributed by atoms with Crippen molar-refractivity contribution in [3.63, 3.8) is 0 Å². The Kier molecular flexibility index (Phi) is 2.89. The molecule has 0 amide bonds. The summed E-state index contributed by atoms with van der Waals surface area (Å²) in [6.07, 6.45) is 2.67. The van der Waals surface area contributed by atoms with Crippen LogP contribution in [0.2, 0.25) is 0 Å². The number of aldehydes is 1. The second-order valence-corrected chi connectivity index (χ2v) is 4.62. The third-order valence-electron chi connectivity index (χ3n) is 3.25. The molecule has 0 N–H and O–H groups in total. The standard InChI is InChI=1S/C14H11F2NO2/c15-10-2-1-3-11(16)12(10)13-9(6-7-18)14(19-17-13)8-4-5-8/h1-3,7-8H,4-6H2. The van der Waals surface area contributed by atoms with Crippen molar-refractivity contribution in [2.24, 2.45) is 0 Å². The monoisotopic (exact) mass is 263 g/mol. The molecule has 98 valence electrons. The van der Waals surface area contributed by atoms with Crippen molar-refractivity contribution in [3.05, 3.63) is 41.2 Å². The maximum atomic E-state index is 13.8. The van der Waals surface area contributed by atoms with Gasteiger partial charge in [-0.1, -0.05) is 11.2 Å². The molecule has 2 aromatic rings. The molecular weight excluding hydrogens is 252 g/mol. The summed E-state index contributed by atoms with van der Waals surface area (Å²) >= 11 is 0. The van der Waals surface area contributed by atoms with Gasteiger partial charge in [0.25, 0.3) is 0 Å². The van der Waals surface area contributed by atoms with Crippen molar-refractivity contribution in [3.8, 4) is 11.3 Å². The highest BCUT2D eigenvalue weighted by molar-refractivity contribution is 5.70. The lowest BCUT2D eigenvalue weighted by Gasteiger charge is -2.03. The summed E-state index contributed by atoms with van der Waals surface area (Å²) in [5.41, 5.74) is 0.376. The fourth-order valence-electron chi connectivity index (χ4n) is 2.19. The van der Waals surface area contributed by atoms with Crippen molar-refractivity contribution in [1.29, 1.82) is 0 Å². The minimum absolute atomic E-state index is 0.0540. The molecule has 3 nitrogen and oxygen atoms in total. The fourth-order valence-corrected chi connectivity index (χ4v) is 2.19. The molecule has 1 heterocycles. The van der Waals surface area contributed by atoms with E-state index in [9.17, 15) is 13.6 Å². The third-order valence-corrected chi connectivity index (χ3v) is 3.25.